The minimum Gasteiger partial charge on any atom is -0.368 e. The molecule has 0 aliphatic heterocycles. The maximum absolute atomic E-state index is 5.62. The summed E-state index contributed by atoms with van der Waals surface area (Å²) >= 11 is 7.22. The van der Waals surface area contributed by atoms with E-state index in [0.717, 1.165) is 24.5 Å². The predicted molar refractivity (Wildman–Crippen MR) is 61.3 cm³/mol. The van der Waals surface area contributed by atoms with Gasteiger partial charge in [-0.3, -0.25) is 0 Å². The average molecular weight is 241 g/mol. The van der Waals surface area contributed by atoms with Crippen LogP contribution in [0.5, 0.6) is 0 Å². The Morgan fingerprint density at radius 3 is 2.93 bits per heavy atom. The SMILES string of the molecule is Clc1ccc(NCCc2cscn2)nn1. The Bertz CT molecular complexity index is 401. The molecule has 0 atom stereocenters. The first-order valence-corrected chi connectivity index (χ1v) is 5.77. The predicted octanol–water partition coefficient (Wildman–Crippen LogP) is 2.24. The third-order valence-electron chi connectivity index (χ3n) is 1.80. The van der Waals surface area contributed by atoms with E-state index >= 15 is 0 Å². The van der Waals surface area contributed by atoms with Gasteiger partial charge in [0, 0.05) is 18.3 Å². The number of hydrogen-bond donors (Lipinski definition) is 1. The molecule has 2 aromatic rings. The highest BCUT2D eigenvalue weighted by Crippen LogP contribution is 2.06. The Hall–Kier alpha value is -1.20. The molecule has 6 heteroatoms. The second-order valence-corrected chi connectivity index (χ2v) is 4.00. The molecule has 15 heavy (non-hydrogen) atoms. The third kappa shape index (κ3) is 3.14. The van der Waals surface area contributed by atoms with Crippen molar-refractivity contribution in [1.29, 1.82) is 0 Å². The number of aromatic nitrogens is 3. The van der Waals surface area contributed by atoms with E-state index in [1.54, 1.807) is 23.5 Å². The van der Waals surface area contributed by atoms with Crippen LogP contribution in [0.2, 0.25) is 5.15 Å². The number of halogens is 1. The highest BCUT2D eigenvalue weighted by atomic mass is 35.5. The maximum atomic E-state index is 5.62. The number of rotatable bonds is 4. The smallest absolute Gasteiger partial charge is 0.151 e. The number of thiazole rings is 1. The monoisotopic (exact) mass is 240 g/mol. The molecule has 78 valence electrons. The van der Waals surface area contributed by atoms with Gasteiger partial charge in [0.25, 0.3) is 0 Å². The standard InChI is InChI=1S/C9H9ClN4S/c10-8-1-2-9(14-13-8)11-4-3-7-5-15-6-12-7/h1-2,5-6H,3-4H2,(H,11,14). The molecule has 0 saturated carbocycles. The highest BCUT2D eigenvalue weighted by Gasteiger charge is 1.97. The third-order valence-corrected chi connectivity index (χ3v) is 2.64. The van der Waals surface area contributed by atoms with Crippen molar-refractivity contribution in [2.75, 3.05) is 11.9 Å². The van der Waals surface area contributed by atoms with Gasteiger partial charge >= 0.3 is 0 Å². The van der Waals surface area contributed by atoms with Crippen LogP contribution in [-0.2, 0) is 6.42 Å². The van der Waals surface area contributed by atoms with Crippen LogP contribution in [0.25, 0.3) is 0 Å². The van der Waals surface area contributed by atoms with Crippen molar-refractivity contribution in [3.63, 3.8) is 0 Å². The Morgan fingerprint density at radius 1 is 1.33 bits per heavy atom. The van der Waals surface area contributed by atoms with E-state index < -0.39 is 0 Å². The van der Waals surface area contributed by atoms with Crippen molar-refractivity contribution in [1.82, 2.24) is 15.2 Å². The Balaban J connectivity index is 1.81. The van der Waals surface area contributed by atoms with Crippen LogP contribution in [0.4, 0.5) is 5.82 Å². The maximum Gasteiger partial charge on any atom is 0.151 e. The Labute approximate surface area is 96.3 Å². The number of nitrogens with zero attached hydrogens (tertiary/aromatic N) is 3. The van der Waals surface area contributed by atoms with Gasteiger partial charge in [-0.2, -0.15) is 0 Å². The summed E-state index contributed by atoms with van der Waals surface area (Å²) in [6.07, 6.45) is 0.883. The molecule has 0 bridgehead atoms. The molecule has 0 aliphatic carbocycles. The molecule has 0 aromatic carbocycles. The van der Waals surface area contributed by atoms with Crippen LogP contribution in [0.1, 0.15) is 5.69 Å². The summed E-state index contributed by atoms with van der Waals surface area (Å²) in [5.74, 6) is 0.731. The molecule has 2 aromatic heterocycles. The van der Waals surface area contributed by atoms with Crippen LogP contribution >= 0.6 is 22.9 Å². The zero-order valence-electron chi connectivity index (χ0n) is 7.85. The van der Waals surface area contributed by atoms with Crippen molar-refractivity contribution in [3.05, 3.63) is 33.9 Å². The van der Waals surface area contributed by atoms with E-state index in [9.17, 15) is 0 Å². The van der Waals surface area contributed by atoms with Crippen molar-refractivity contribution in [2.45, 2.75) is 6.42 Å². The van der Waals surface area contributed by atoms with Crippen LogP contribution in [-0.4, -0.2) is 21.7 Å². The van der Waals surface area contributed by atoms with Crippen LogP contribution in [0, 0.1) is 0 Å². The zero-order valence-corrected chi connectivity index (χ0v) is 9.42. The topological polar surface area (TPSA) is 50.7 Å². The molecular formula is C9H9ClN4S. The van der Waals surface area contributed by atoms with Crippen LogP contribution < -0.4 is 5.32 Å². The van der Waals surface area contributed by atoms with E-state index in [2.05, 4.69) is 20.5 Å². The zero-order chi connectivity index (χ0) is 10.5. The van der Waals surface area contributed by atoms with Gasteiger partial charge in [-0.05, 0) is 12.1 Å². The van der Waals surface area contributed by atoms with Crippen molar-refractivity contribution in [2.24, 2.45) is 0 Å². The van der Waals surface area contributed by atoms with E-state index in [1.165, 1.54) is 0 Å². The summed E-state index contributed by atoms with van der Waals surface area (Å²) in [5.41, 5.74) is 2.92. The fourth-order valence-corrected chi connectivity index (χ4v) is 1.78. The number of nitrogens with one attached hydrogen (secondary N) is 1. The molecule has 0 spiro atoms. The van der Waals surface area contributed by atoms with Gasteiger partial charge in [0.2, 0.25) is 0 Å². The minimum absolute atomic E-state index is 0.403. The van der Waals surface area contributed by atoms with Gasteiger partial charge in [0.15, 0.2) is 5.15 Å². The summed E-state index contributed by atoms with van der Waals surface area (Å²) in [6, 6.07) is 3.51. The van der Waals surface area contributed by atoms with Gasteiger partial charge in [0.05, 0.1) is 11.2 Å². The quantitative estimate of drug-likeness (QED) is 0.891. The van der Waals surface area contributed by atoms with Gasteiger partial charge in [-0.1, -0.05) is 11.6 Å². The van der Waals surface area contributed by atoms with Crippen LogP contribution in [0.15, 0.2) is 23.0 Å². The van der Waals surface area contributed by atoms with Gasteiger partial charge < -0.3 is 5.32 Å². The molecule has 1 N–H and O–H groups in total. The fraction of sp³-hybridized carbons (Fsp3) is 0.222. The van der Waals surface area contributed by atoms with E-state index in [0.29, 0.717) is 5.15 Å². The summed E-state index contributed by atoms with van der Waals surface area (Å²) in [5, 5.41) is 13.2. The first-order valence-electron chi connectivity index (χ1n) is 4.45. The highest BCUT2D eigenvalue weighted by molar-refractivity contribution is 7.07. The molecule has 0 aliphatic rings. The van der Waals surface area contributed by atoms with Gasteiger partial charge in [0.1, 0.15) is 5.82 Å². The second kappa shape index (κ2) is 5.04. The molecule has 0 unspecified atom stereocenters. The molecule has 4 nitrogen and oxygen atoms in total. The van der Waals surface area contributed by atoms with Crippen LogP contribution in [0.3, 0.4) is 0 Å². The average Bonchev–Trinajstić information content (AvgIpc) is 2.74. The molecule has 2 rings (SSSR count). The number of anilines is 1. The lowest BCUT2D eigenvalue weighted by atomic mass is 10.3. The molecular weight excluding hydrogens is 232 g/mol. The molecule has 0 saturated heterocycles. The Kier molecular flexibility index (Phi) is 3.47. The largest absolute Gasteiger partial charge is 0.368 e. The minimum atomic E-state index is 0.403. The van der Waals surface area contributed by atoms with Gasteiger partial charge in [-0.25, -0.2) is 4.98 Å². The molecule has 0 radical (unpaired) electrons. The first-order chi connectivity index (χ1) is 7.34. The van der Waals surface area contributed by atoms with Crippen molar-refractivity contribution < 1.29 is 0 Å². The molecule has 0 fully saturated rings. The van der Waals surface area contributed by atoms with Gasteiger partial charge in [-0.15, -0.1) is 21.5 Å². The number of hydrogen-bond acceptors (Lipinski definition) is 5. The van der Waals surface area contributed by atoms with E-state index in [4.69, 9.17) is 11.6 Å². The summed E-state index contributed by atoms with van der Waals surface area (Å²) in [6.45, 7) is 0.792. The summed E-state index contributed by atoms with van der Waals surface area (Å²) in [4.78, 5) is 4.18. The van der Waals surface area contributed by atoms with Crippen molar-refractivity contribution in [3.8, 4) is 0 Å². The second-order valence-electron chi connectivity index (χ2n) is 2.90. The normalized spacial score (nSPS) is 10.2. The summed E-state index contributed by atoms with van der Waals surface area (Å²) < 4.78 is 0. The lowest BCUT2D eigenvalue weighted by molar-refractivity contribution is 0.945. The first kappa shape index (κ1) is 10.3. The van der Waals surface area contributed by atoms with E-state index in [-0.39, 0.29) is 0 Å². The molecule has 2 heterocycles. The fourth-order valence-electron chi connectivity index (χ4n) is 1.09. The van der Waals surface area contributed by atoms with E-state index in [1.807, 2.05) is 10.9 Å². The van der Waals surface area contributed by atoms with Crippen molar-refractivity contribution >= 4 is 28.8 Å². The lowest BCUT2D eigenvalue weighted by Gasteiger charge is -2.02. The molecule has 0 amide bonds. The Morgan fingerprint density at radius 2 is 2.27 bits per heavy atom. The lowest BCUT2D eigenvalue weighted by Crippen LogP contribution is -2.06. The summed E-state index contributed by atoms with van der Waals surface area (Å²) in [7, 11) is 0.